The molecule has 0 atom stereocenters. The molecule has 1 radical (unpaired) electrons. The first-order valence-electron chi connectivity index (χ1n) is 3.76. The summed E-state index contributed by atoms with van der Waals surface area (Å²) in [6, 6.07) is 5.64. The summed E-state index contributed by atoms with van der Waals surface area (Å²) in [6.07, 6.45) is 4.86. The molecule has 0 fully saturated rings. The summed E-state index contributed by atoms with van der Waals surface area (Å²) in [7, 11) is 0. The summed E-state index contributed by atoms with van der Waals surface area (Å²) >= 11 is 0. The summed E-state index contributed by atoms with van der Waals surface area (Å²) in [4.78, 5) is 0. The van der Waals surface area contributed by atoms with Crippen LogP contribution in [0.15, 0.2) is 24.9 Å². The highest BCUT2D eigenvalue weighted by Gasteiger charge is 2.03. The Labute approximate surface area is 77.1 Å². The molecule has 1 heterocycles. The van der Waals surface area contributed by atoms with E-state index in [4.69, 9.17) is 10.5 Å². The normalized spacial score (nSPS) is 8.77. The molecule has 63 valence electrons. The van der Waals surface area contributed by atoms with Gasteiger partial charge in [0.1, 0.15) is 11.8 Å². The Morgan fingerprint density at radius 2 is 2.31 bits per heavy atom. The van der Waals surface area contributed by atoms with Gasteiger partial charge in [-0.05, 0) is 11.6 Å². The van der Waals surface area contributed by atoms with Crippen LogP contribution in [0.4, 0.5) is 0 Å². The number of hydrogen-bond acceptors (Lipinski definition) is 2. The lowest BCUT2D eigenvalue weighted by molar-refractivity contribution is 0.816. The quantitative estimate of drug-likeness (QED) is 0.647. The van der Waals surface area contributed by atoms with Crippen LogP contribution in [0.3, 0.4) is 0 Å². The van der Waals surface area contributed by atoms with Crippen molar-refractivity contribution in [1.82, 2.24) is 4.57 Å². The van der Waals surface area contributed by atoms with Crippen molar-refractivity contribution in [3.05, 3.63) is 42.6 Å². The molecule has 1 rings (SSSR count). The Bertz CT molecular complexity index is 387. The highest BCUT2D eigenvalue weighted by molar-refractivity contribution is 5.36. The van der Waals surface area contributed by atoms with E-state index in [1.807, 2.05) is 12.1 Å². The maximum atomic E-state index is 8.72. The molecule has 1 aromatic rings. The average Bonchev–Trinajstić information content (AvgIpc) is 2.49. The Morgan fingerprint density at radius 1 is 1.54 bits per heavy atom. The van der Waals surface area contributed by atoms with Gasteiger partial charge in [0.25, 0.3) is 0 Å². The third-order valence-corrected chi connectivity index (χ3v) is 1.59. The second-order valence-electron chi connectivity index (χ2n) is 2.48. The third kappa shape index (κ3) is 1.98. The molecule has 0 saturated carbocycles. The van der Waals surface area contributed by atoms with Gasteiger partial charge in [-0.25, -0.2) is 0 Å². The summed E-state index contributed by atoms with van der Waals surface area (Å²) < 4.78 is 1.75. The number of rotatable bonds is 3. The number of nitrogens with zero attached hydrogens (tertiary/aromatic N) is 3. The van der Waals surface area contributed by atoms with Crippen LogP contribution in [0.5, 0.6) is 0 Å². The zero-order valence-electron chi connectivity index (χ0n) is 7.07. The first-order chi connectivity index (χ1) is 6.31. The van der Waals surface area contributed by atoms with Crippen LogP contribution >= 0.6 is 0 Å². The first-order valence-corrected chi connectivity index (χ1v) is 3.76. The summed E-state index contributed by atoms with van der Waals surface area (Å²) in [5.74, 6) is 0. The predicted octanol–water partition coefficient (Wildman–Crippen LogP) is 1.62. The van der Waals surface area contributed by atoms with Gasteiger partial charge in [0.15, 0.2) is 0 Å². The van der Waals surface area contributed by atoms with Crippen molar-refractivity contribution in [2.24, 2.45) is 0 Å². The van der Waals surface area contributed by atoms with Crippen LogP contribution in [-0.4, -0.2) is 4.57 Å². The van der Waals surface area contributed by atoms with Gasteiger partial charge in [0, 0.05) is 12.7 Å². The fourth-order valence-corrected chi connectivity index (χ4v) is 1.07. The molecule has 0 aliphatic carbocycles. The standard InChI is InChI=1S/C10H8N3/c1-2-5-13-8-9(3-4-11)6-10(13)7-12/h2-3,6,8H,1,5H2. The Balaban J connectivity index is 2.99. The molecule has 0 amide bonds. The van der Waals surface area contributed by atoms with Crippen molar-refractivity contribution >= 4 is 0 Å². The highest BCUT2D eigenvalue weighted by atomic mass is 15.0. The number of allylic oxidation sites excluding steroid dienone is 1. The second kappa shape index (κ2) is 4.13. The van der Waals surface area contributed by atoms with Crippen molar-refractivity contribution in [3.8, 4) is 12.1 Å². The Hall–Kier alpha value is -2.00. The Kier molecular flexibility index (Phi) is 2.89. The molecule has 0 spiro atoms. The van der Waals surface area contributed by atoms with E-state index in [0.29, 0.717) is 12.2 Å². The molecule has 3 nitrogen and oxygen atoms in total. The fourth-order valence-electron chi connectivity index (χ4n) is 1.07. The van der Waals surface area contributed by atoms with Crippen molar-refractivity contribution in [3.63, 3.8) is 0 Å². The van der Waals surface area contributed by atoms with Crippen LogP contribution in [0.2, 0.25) is 0 Å². The van der Waals surface area contributed by atoms with Crippen LogP contribution in [0.1, 0.15) is 11.3 Å². The van der Waals surface area contributed by atoms with E-state index in [-0.39, 0.29) is 0 Å². The third-order valence-electron chi connectivity index (χ3n) is 1.59. The molecule has 0 saturated heterocycles. The van der Waals surface area contributed by atoms with Gasteiger partial charge in [-0.15, -0.1) is 6.58 Å². The van der Waals surface area contributed by atoms with E-state index >= 15 is 0 Å². The minimum atomic E-state index is 0.543. The van der Waals surface area contributed by atoms with Crippen LogP contribution in [-0.2, 0) is 6.54 Å². The summed E-state index contributed by atoms with van der Waals surface area (Å²) in [6.45, 7) is 4.17. The lowest BCUT2D eigenvalue weighted by Crippen LogP contribution is -1.95. The molecule has 0 aromatic carbocycles. The van der Waals surface area contributed by atoms with Gasteiger partial charge in [-0.2, -0.15) is 10.5 Å². The van der Waals surface area contributed by atoms with E-state index in [0.717, 1.165) is 5.56 Å². The first kappa shape index (κ1) is 9.09. The van der Waals surface area contributed by atoms with E-state index in [9.17, 15) is 0 Å². The molecule has 3 heteroatoms. The molecule has 0 unspecified atom stereocenters. The van der Waals surface area contributed by atoms with Crippen LogP contribution in [0, 0.1) is 29.1 Å². The van der Waals surface area contributed by atoms with E-state index in [1.165, 1.54) is 6.42 Å². The van der Waals surface area contributed by atoms with Crippen molar-refractivity contribution in [2.45, 2.75) is 6.54 Å². The van der Waals surface area contributed by atoms with Gasteiger partial charge in [0.05, 0.1) is 12.5 Å². The molecule has 13 heavy (non-hydrogen) atoms. The van der Waals surface area contributed by atoms with Crippen molar-refractivity contribution in [1.29, 1.82) is 10.5 Å². The molecular formula is C10H8N3. The van der Waals surface area contributed by atoms with Crippen molar-refractivity contribution in [2.75, 3.05) is 0 Å². The number of aromatic nitrogens is 1. The smallest absolute Gasteiger partial charge is 0.120 e. The molecule has 0 N–H and O–H groups in total. The molecule has 1 aromatic heterocycles. The maximum absolute atomic E-state index is 8.72. The average molecular weight is 170 g/mol. The summed E-state index contributed by atoms with van der Waals surface area (Å²) in [5, 5.41) is 17.1. The summed E-state index contributed by atoms with van der Waals surface area (Å²) in [5.41, 5.74) is 1.29. The number of nitriles is 2. The molecular weight excluding hydrogens is 162 g/mol. The van der Waals surface area contributed by atoms with Crippen LogP contribution in [0.25, 0.3) is 0 Å². The highest BCUT2D eigenvalue weighted by Crippen LogP contribution is 2.09. The van der Waals surface area contributed by atoms with Gasteiger partial charge in [-0.1, -0.05) is 6.08 Å². The maximum Gasteiger partial charge on any atom is 0.120 e. The topological polar surface area (TPSA) is 52.5 Å². The monoisotopic (exact) mass is 170 g/mol. The zero-order valence-corrected chi connectivity index (χ0v) is 7.07. The predicted molar refractivity (Wildman–Crippen MR) is 48.4 cm³/mol. The van der Waals surface area contributed by atoms with Gasteiger partial charge in [0.2, 0.25) is 0 Å². The van der Waals surface area contributed by atoms with E-state index in [1.54, 1.807) is 22.9 Å². The van der Waals surface area contributed by atoms with Crippen molar-refractivity contribution < 1.29 is 0 Å². The fraction of sp³-hybridized carbons (Fsp3) is 0.100. The van der Waals surface area contributed by atoms with Gasteiger partial charge >= 0.3 is 0 Å². The van der Waals surface area contributed by atoms with Gasteiger partial charge in [-0.3, -0.25) is 0 Å². The van der Waals surface area contributed by atoms with E-state index in [2.05, 4.69) is 6.58 Å². The molecule has 0 aliphatic heterocycles. The van der Waals surface area contributed by atoms with Gasteiger partial charge < -0.3 is 4.57 Å². The SMILES string of the molecule is C=CCn1cc([CH]C#N)cc1C#N. The Morgan fingerprint density at radius 3 is 2.85 bits per heavy atom. The molecule has 0 aliphatic rings. The molecule has 0 bridgehead atoms. The lowest BCUT2D eigenvalue weighted by Gasteiger charge is -1.96. The second-order valence-corrected chi connectivity index (χ2v) is 2.48. The minimum Gasteiger partial charge on any atom is -0.335 e. The van der Waals surface area contributed by atoms with Crippen LogP contribution < -0.4 is 0 Å². The zero-order chi connectivity index (χ0) is 9.68. The van der Waals surface area contributed by atoms with E-state index < -0.39 is 0 Å². The lowest BCUT2D eigenvalue weighted by atomic mass is 10.2. The largest absolute Gasteiger partial charge is 0.335 e. The number of hydrogen-bond donors (Lipinski definition) is 0. The minimum absolute atomic E-state index is 0.543.